The van der Waals surface area contributed by atoms with Crippen LogP contribution in [0.25, 0.3) is 0 Å². The third-order valence-corrected chi connectivity index (χ3v) is 7.37. The summed E-state index contributed by atoms with van der Waals surface area (Å²) in [7, 11) is -3.63. The summed E-state index contributed by atoms with van der Waals surface area (Å²) in [5.41, 5.74) is 0.479. The van der Waals surface area contributed by atoms with Crippen LogP contribution in [0.15, 0.2) is 47.6 Å². The first-order chi connectivity index (χ1) is 14.8. The summed E-state index contributed by atoms with van der Waals surface area (Å²) in [6, 6.07) is 7.99. The van der Waals surface area contributed by atoms with E-state index in [4.69, 9.17) is 4.74 Å². The zero-order valence-corrected chi connectivity index (χ0v) is 18.5. The molecule has 2 saturated heterocycles. The Balaban J connectivity index is 1.41. The fourth-order valence-electron chi connectivity index (χ4n) is 3.99. The molecule has 9 nitrogen and oxygen atoms in total. The van der Waals surface area contributed by atoms with Gasteiger partial charge in [-0.25, -0.2) is 18.4 Å². The van der Waals surface area contributed by atoms with Crippen molar-refractivity contribution < 1.29 is 17.9 Å². The number of hydrogen-bond acceptors (Lipinski definition) is 7. The van der Waals surface area contributed by atoms with Gasteiger partial charge in [-0.1, -0.05) is 0 Å². The van der Waals surface area contributed by atoms with E-state index in [1.54, 1.807) is 35.5 Å². The Morgan fingerprint density at radius 3 is 2.13 bits per heavy atom. The van der Waals surface area contributed by atoms with Crippen LogP contribution in [0.5, 0.6) is 0 Å². The lowest BCUT2D eigenvalue weighted by Crippen LogP contribution is -2.49. The second-order valence-corrected chi connectivity index (χ2v) is 9.87. The number of benzene rings is 1. The number of rotatable bonds is 4. The molecule has 1 aromatic heterocycles. The van der Waals surface area contributed by atoms with Gasteiger partial charge in [0.15, 0.2) is 0 Å². The van der Waals surface area contributed by atoms with Gasteiger partial charge >= 0.3 is 0 Å². The summed E-state index contributed by atoms with van der Waals surface area (Å²) >= 11 is 0. The number of amides is 1. The van der Waals surface area contributed by atoms with E-state index in [9.17, 15) is 13.2 Å². The van der Waals surface area contributed by atoms with Crippen molar-refractivity contribution in [2.24, 2.45) is 0 Å². The van der Waals surface area contributed by atoms with E-state index < -0.39 is 10.0 Å². The predicted molar refractivity (Wildman–Crippen MR) is 115 cm³/mol. The lowest BCUT2D eigenvalue weighted by Gasteiger charge is -2.35. The Morgan fingerprint density at radius 1 is 0.968 bits per heavy atom. The predicted octanol–water partition coefficient (Wildman–Crippen LogP) is 1.24. The van der Waals surface area contributed by atoms with Crippen molar-refractivity contribution in [2.75, 3.05) is 44.2 Å². The Bertz CT molecular complexity index is 998. The summed E-state index contributed by atoms with van der Waals surface area (Å²) in [5.74, 6) is 0.558. The molecular formula is C21H27N5O4S. The van der Waals surface area contributed by atoms with Crippen LogP contribution >= 0.6 is 0 Å². The van der Waals surface area contributed by atoms with Crippen molar-refractivity contribution in [1.29, 1.82) is 0 Å². The molecule has 3 heterocycles. The summed E-state index contributed by atoms with van der Waals surface area (Å²) in [4.78, 5) is 25.4. The highest BCUT2D eigenvalue weighted by molar-refractivity contribution is 7.89. The van der Waals surface area contributed by atoms with E-state index in [0.29, 0.717) is 50.8 Å². The van der Waals surface area contributed by atoms with E-state index >= 15 is 0 Å². The van der Waals surface area contributed by atoms with Crippen molar-refractivity contribution >= 4 is 21.9 Å². The molecule has 0 N–H and O–H groups in total. The van der Waals surface area contributed by atoms with E-state index in [0.717, 1.165) is 0 Å². The van der Waals surface area contributed by atoms with Crippen LogP contribution in [0.4, 0.5) is 5.95 Å². The van der Waals surface area contributed by atoms with Gasteiger partial charge in [0.05, 0.1) is 17.1 Å². The summed E-state index contributed by atoms with van der Waals surface area (Å²) in [6.45, 7) is 6.78. The number of carbonyl (C=O) groups excluding carboxylic acids is 1. The van der Waals surface area contributed by atoms with Gasteiger partial charge in [0.25, 0.3) is 5.91 Å². The van der Waals surface area contributed by atoms with E-state index in [2.05, 4.69) is 9.97 Å². The first kappa shape index (κ1) is 21.7. The molecule has 31 heavy (non-hydrogen) atoms. The average Bonchev–Trinajstić information content (AvgIpc) is 2.79. The molecule has 2 aliphatic rings. The van der Waals surface area contributed by atoms with Crippen molar-refractivity contribution in [2.45, 2.75) is 31.0 Å². The Hall–Kier alpha value is -2.56. The third kappa shape index (κ3) is 4.70. The topological polar surface area (TPSA) is 95.9 Å². The average molecular weight is 446 g/mol. The highest BCUT2D eigenvalue weighted by atomic mass is 32.2. The maximum Gasteiger partial charge on any atom is 0.253 e. The van der Waals surface area contributed by atoms with Gasteiger partial charge in [0.1, 0.15) is 0 Å². The van der Waals surface area contributed by atoms with Gasteiger partial charge in [-0.05, 0) is 44.2 Å². The monoisotopic (exact) mass is 445 g/mol. The van der Waals surface area contributed by atoms with Crippen LogP contribution in [-0.2, 0) is 14.8 Å². The number of ether oxygens (including phenoxy) is 1. The summed E-state index contributed by atoms with van der Waals surface area (Å²) in [6.07, 6.45) is 3.10. The molecule has 2 aliphatic heterocycles. The van der Waals surface area contributed by atoms with Crippen LogP contribution < -0.4 is 4.90 Å². The van der Waals surface area contributed by atoms with Crippen LogP contribution in [0.3, 0.4) is 0 Å². The van der Waals surface area contributed by atoms with Crippen LogP contribution in [0.2, 0.25) is 0 Å². The molecule has 0 spiro atoms. The molecule has 0 aliphatic carbocycles. The highest BCUT2D eigenvalue weighted by Crippen LogP contribution is 2.22. The van der Waals surface area contributed by atoms with Gasteiger partial charge in [0.2, 0.25) is 16.0 Å². The van der Waals surface area contributed by atoms with Crippen molar-refractivity contribution in [3.05, 3.63) is 48.3 Å². The number of carbonyl (C=O) groups is 1. The Kier molecular flexibility index (Phi) is 6.22. The van der Waals surface area contributed by atoms with Gasteiger partial charge < -0.3 is 14.5 Å². The second-order valence-electron chi connectivity index (χ2n) is 7.93. The molecule has 4 rings (SSSR count). The normalized spacial score (nSPS) is 23.0. The smallest absolute Gasteiger partial charge is 0.253 e. The SMILES string of the molecule is C[C@H]1CN(S(=O)(=O)c2ccc(C(=O)N3CCN(c4ncccn4)CC3)cc2)C[C@H](C)O1. The van der Waals surface area contributed by atoms with Crippen LogP contribution in [0, 0.1) is 0 Å². The molecule has 1 aromatic carbocycles. The fraction of sp³-hybridized carbons (Fsp3) is 0.476. The van der Waals surface area contributed by atoms with Gasteiger partial charge in [-0.2, -0.15) is 4.31 Å². The zero-order chi connectivity index (χ0) is 22.0. The molecule has 0 radical (unpaired) electrons. The number of piperazine rings is 1. The molecule has 10 heteroatoms. The number of morpholine rings is 1. The maximum absolute atomic E-state index is 13.0. The minimum atomic E-state index is -3.63. The first-order valence-electron chi connectivity index (χ1n) is 10.4. The molecular weight excluding hydrogens is 418 g/mol. The van der Waals surface area contributed by atoms with E-state index in [1.807, 2.05) is 18.7 Å². The minimum Gasteiger partial charge on any atom is -0.373 e. The lowest BCUT2D eigenvalue weighted by atomic mass is 10.2. The summed E-state index contributed by atoms with van der Waals surface area (Å²) in [5, 5.41) is 0. The molecule has 2 atom stereocenters. The lowest BCUT2D eigenvalue weighted by molar-refractivity contribution is -0.0440. The van der Waals surface area contributed by atoms with Crippen LogP contribution in [-0.4, -0.2) is 85.0 Å². The Morgan fingerprint density at radius 2 is 1.55 bits per heavy atom. The van der Waals surface area contributed by atoms with Crippen LogP contribution in [0.1, 0.15) is 24.2 Å². The molecule has 0 bridgehead atoms. The largest absolute Gasteiger partial charge is 0.373 e. The first-order valence-corrected chi connectivity index (χ1v) is 11.9. The summed E-state index contributed by atoms with van der Waals surface area (Å²) < 4.78 is 33.1. The van der Waals surface area contributed by atoms with Gasteiger partial charge in [0, 0.05) is 57.2 Å². The number of sulfonamides is 1. The second kappa shape index (κ2) is 8.89. The Labute approximate surface area is 182 Å². The molecule has 0 unspecified atom stereocenters. The highest BCUT2D eigenvalue weighted by Gasteiger charge is 2.32. The maximum atomic E-state index is 13.0. The number of hydrogen-bond donors (Lipinski definition) is 0. The van der Waals surface area contributed by atoms with Crippen molar-refractivity contribution in [3.63, 3.8) is 0 Å². The zero-order valence-electron chi connectivity index (χ0n) is 17.7. The molecule has 2 aromatic rings. The minimum absolute atomic E-state index is 0.105. The molecule has 2 fully saturated rings. The fourth-order valence-corrected chi connectivity index (χ4v) is 5.58. The number of nitrogens with zero attached hydrogens (tertiary/aromatic N) is 5. The van der Waals surface area contributed by atoms with Crippen molar-refractivity contribution in [1.82, 2.24) is 19.2 Å². The molecule has 0 saturated carbocycles. The van der Waals surface area contributed by atoms with Crippen molar-refractivity contribution in [3.8, 4) is 0 Å². The van der Waals surface area contributed by atoms with Gasteiger partial charge in [-0.3, -0.25) is 4.79 Å². The molecule has 1 amide bonds. The molecule has 166 valence electrons. The van der Waals surface area contributed by atoms with E-state index in [1.165, 1.54) is 16.4 Å². The third-order valence-electron chi connectivity index (χ3n) is 5.53. The number of aromatic nitrogens is 2. The number of anilines is 1. The van der Waals surface area contributed by atoms with Gasteiger partial charge in [-0.15, -0.1) is 0 Å². The van der Waals surface area contributed by atoms with E-state index in [-0.39, 0.29) is 23.0 Å². The quantitative estimate of drug-likeness (QED) is 0.699. The standard InChI is InChI=1S/C21H27N5O4S/c1-16-14-26(15-17(2)30-16)31(28,29)19-6-4-18(5-7-19)20(27)24-10-12-25(13-11-24)21-22-8-3-9-23-21/h3-9,16-17H,10-15H2,1-2H3/t16-,17-/m0/s1.